The lowest BCUT2D eigenvalue weighted by Gasteiger charge is -2.06. The number of hydrogen-bond donors (Lipinski definition) is 0. The number of para-hydroxylation sites is 1. The van der Waals surface area contributed by atoms with Crippen LogP contribution in [0.15, 0.2) is 82.0 Å². The summed E-state index contributed by atoms with van der Waals surface area (Å²) in [6.45, 7) is 0. The maximum absolute atomic E-state index is 12.6. The third-order valence-electron chi connectivity index (χ3n) is 4.61. The molecular formula is C24H16N2O5. The van der Waals surface area contributed by atoms with Gasteiger partial charge < -0.3 is 9.15 Å². The summed E-state index contributed by atoms with van der Waals surface area (Å²) in [6.07, 6.45) is -0.405. The minimum absolute atomic E-state index is 0.0421. The Morgan fingerprint density at radius 3 is 2.39 bits per heavy atom. The Kier molecular flexibility index (Phi) is 5.45. The minimum Gasteiger partial charge on any atom is -0.457 e. The predicted octanol–water partition coefficient (Wildman–Crippen LogP) is 4.10. The van der Waals surface area contributed by atoms with Crippen LogP contribution in [0.2, 0.25) is 0 Å². The fourth-order valence-electron chi connectivity index (χ4n) is 3.16. The van der Waals surface area contributed by atoms with Crippen LogP contribution in [0.5, 0.6) is 11.5 Å². The number of rotatable bonds is 6. The molecule has 3 aromatic carbocycles. The lowest BCUT2D eigenvalue weighted by Crippen LogP contribution is -2.25. The topological polar surface area (TPSA) is 102 Å². The van der Waals surface area contributed by atoms with Crippen LogP contribution >= 0.6 is 0 Å². The molecule has 0 unspecified atom stereocenters. The minimum atomic E-state index is -0.884. The molecule has 0 radical (unpaired) electrons. The predicted molar refractivity (Wildman–Crippen MR) is 112 cm³/mol. The quantitative estimate of drug-likeness (QED) is 0.442. The maximum atomic E-state index is 12.6. The monoisotopic (exact) mass is 412 g/mol. The highest BCUT2D eigenvalue weighted by molar-refractivity contribution is 6.02. The molecule has 0 bridgehead atoms. The molecule has 7 nitrogen and oxygen atoms in total. The van der Waals surface area contributed by atoms with Gasteiger partial charge in [-0.15, -0.1) is 0 Å². The van der Waals surface area contributed by atoms with Crippen molar-refractivity contribution in [2.24, 2.45) is 0 Å². The molecule has 1 aromatic heterocycles. The van der Waals surface area contributed by atoms with E-state index in [9.17, 15) is 14.4 Å². The number of oxazole rings is 1. The smallest absolute Gasteiger partial charge is 0.426 e. The van der Waals surface area contributed by atoms with Crippen molar-refractivity contribution < 1.29 is 18.7 Å². The van der Waals surface area contributed by atoms with E-state index >= 15 is 0 Å². The summed E-state index contributed by atoms with van der Waals surface area (Å²) in [5, 5.41) is 8.94. The lowest BCUT2D eigenvalue weighted by molar-refractivity contribution is -0.117. The van der Waals surface area contributed by atoms with E-state index in [4.69, 9.17) is 14.4 Å². The summed E-state index contributed by atoms with van der Waals surface area (Å²) in [5.74, 6) is -0.562. The number of hydrogen-bond acceptors (Lipinski definition) is 6. The average Bonchev–Trinajstić information content (AvgIpc) is 3.10. The molecule has 0 atom stereocenters. The highest BCUT2D eigenvalue weighted by Gasteiger charge is 2.19. The number of nitriles is 1. The first kappa shape index (κ1) is 19.9. The summed E-state index contributed by atoms with van der Waals surface area (Å²) in [6, 6.07) is 22.6. The molecule has 0 amide bonds. The number of benzene rings is 3. The second-order valence-corrected chi connectivity index (χ2v) is 6.84. The summed E-state index contributed by atoms with van der Waals surface area (Å²) < 4.78 is 11.6. The number of ether oxygens (including phenoxy) is 1. The van der Waals surface area contributed by atoms with E-state index in [1.54, 1.807) is 24.3 Å². The van der Waals surface area contributed by atoms with Gasteiger partial charge in [-0.1, -0.05) is 30.3 Å². The van der Waals surface area contributed by atoms with Crippen molar-refractivity contribution >= 4 is 22.8 Å². The van der Waals surface area contributed by atoms with E-state index in [1.807, 2.05) is 36.4 Å². The van der Waals surface area contributed by atoms with Crippen molar-refractivity contribution in [2.75, 3.05) is 0 Å². The van der Waals surface area contributed by atoms with E-state index in [-0.39, 0.29) is 23.3 Å². The first-order chi connectivity index (χ1) is 15.0. The molecule has 1 heterocycles. The standard InChI is InChI=1S/C24H16N2O5/c25-15-17-8-11-21-22(13-17)31-24(29)26(21)23(28)14-18(27)12-16-6-9-20(10-7-16)30-19-4-2-1-3-5-19/h1-11,13H,12,14H2. The van der Waals surface area contributed by atoms with Crippen molar-refractivity contribution in [3.8, 4) is 17.6 Å². The highest BCUT2D eigenvalue weighted by atomic mass is 16.5. The molecule has 0 aliphatic heterocycles. The molecule has 0 N–H and O–H groups in total. The van der Waals surface area contributed by atoms with Crippen LogP contribution in [0.4, 0.5) is 0 Å². The number of carbonyl (C=O) groups excluding carboxylic acids is 2. The van der Waals surface area contributed by atoms with Crippen LogP contribution < -0.4 is 10.5 Å². The molecule has 0 fully saturated rings. The van der Waals surface area contributed by atoms with Crippen molar-refractivity contribution in [2.45, 2.75) is 12.8 Å². The van der Waals surface area contributed by atoms with Gasteiger partial charge in [0.2, 0.25) is 5.91 Å². The molecule has 0 saturated carbocycles. The second kappa shape index (κ2) is 8.51. The Morgan fingerprint density at radius 2 is 1.68 bits per heavy atom. The number of carbonyl (C=O) groups is 2. The first-order valence-electron chi connectivity index (χ1n) is 9.46. The van der Waals surface area contributed by atoms with Crippen molar-refractivity contribution in [1.29, 1.82) is 5.26 Å². The molecular weight excluding hydrogens is 396 g/mol. The van der Waals surface area contributed by atoms with E-state index in [0.717, 1.165) is 10.1 Å². The second-order valence-electron chi connectivity index (χ2n) is 6.84. The van der Waals surface area contributed by atoms with E-state index in [2.05, 4.69) is 0 Å². The van der Waals surface area contributed by atoms with Crippen LogP contribution in [-0.4, -0.2) is 16.3 Å². The van der Waals surface area contributed by atoms with E-state index in [1.165, 1.54) is 18.2 Å². The van der Waals surface area contributed by atoms with Gasteiger partial charge in [0.15, 0.2) is 5.58 Å². The Balaban J connectivity index is 1.42. The van der Waals surface area contributed by atoms with E-state index in [0.29, 0.717) is 17.1 Å². The average molecular weight is 412 g/mol. The van der Waals surface area contributed by atoms with Gasteiger partial charge in [0.05, 0.1) is 23.6 Å². The van der Waals surface area contributed by atoms with Crippen LogP contribution in [0.25, 0.3) is 11.1 Å². The number of nitrogens with zero attached hydrogens (tertiary/aromatic N) is 2. The summed E-state index contributed by atoms with van der Waals surface area (Å²) in [5.41, 5.74) is 1.38. The normalized spacial score (nSPS) is 10.5. The number of aromatic nitrogens is 1. The molecule has 152 valence electrons. The van der Waals surface area contributed by atoms with Gasteiger partial charge in [-0.2, -0.15) is 5.26 Å². The zero-order valence-electron chi connectivity index (χ0n) is 16.3. The number of fused-ring (bicyclic) bond motifs is 1. The third kappa shape index (κ3) is 4.43. The molecule has 7 heteroatoms. The molecule has 0 aliphatic carbocycles. The Bertz CT molecular complexity index is 1360. The first-order valence-corrected chi connectivity index (χ1v) is 9.46. The number of Topliss-reactive ketones (excluding diaryl/α,β-unsaturated/α-hetero) is 1. The Hall–Kier alpha value is -4.44. The fraction of sp³-hybridized carbons (Fsp3) is 0.0833. The van der Waals surface area contributed by atoms with Gasteiger partial charge in [0.25, 0.3) is 0 Å². The van der Waals surface area contributed by atoms with Gasteiger partial charge in [-0.25, -0.2) is 9.36 Å². The lowest BCUT2D eigenvalue weighted by atomic mass is 10.1. The highest BCUT2D eigenvalue weighted by Crippen LogP contribution is 2.21. The molecule has 0 saturated heterocycles. The van der Waals surface area contributed by atoms with Gasteiger partial charge in [-0.05, 0) is 42.0 Å². The maximum Gasteiger partial charge on any atom is 0.426 e. The fourth-order valence-corrected chi connectivity index (χ4v) is 3.16. The molecule has 4 aromatic rings. The van der Waals surface area contributed by atoms with E-state index < -0.39 is 18.1 Å². The Morgan fingerprint density at radius 1 is 0.968 bits per heavy atom. The van der Waals surface area contributed by atoms with Crippen LogP contribution in [-0.2, 0) is 11.2 Å². The summed E-state index contributed by atoms with van der Waals surface area (Å²) >= 11 is 0. The zero-order valence-corrected chi connectivity index (χ0v) is 16.3. The zero-order chi connectivity index (χ0) is 21.8. The summed E-state index contributed by atoms with van der Waals surface area (Å²) in [4.78, 5) is 37.0. The SMILES string of the molecule is N#Cc1ccc2c(c1)oc(=O)n2C(=O)CC(=O)Cc1ccc(Oc2ccccc2)cc1. The van der Waals surface area contributed by atoms with Crippen molar-refractivity contribution in [1.82, 2.24) is 4.57 Å². The van der Waals surface area contributed by atoms with Crippen molar-refractivity contribution in [3.63, 3.8) is 0 Å². The van der Waals surface area contributed by atoms with Crippen LogP contribution in [0.3, 0.4) is 0 Å². The molecule has 31 heavy (non-hydrogen) atoms. The molecule has 0 spiro atoms. The van der Waals surface area contributed by atoms with Crippen LogP contribution in [0, 0.1) is 11.3 Å². The molecule has 0 aliphatic rings. The Labute approximate surface area is 176 Å². The third-order valence-corrected chi connectivity index (χ3v) is 4.61. The summed E-state index contributed by atoms with van der Waals surface area (Å²) in [7, 11) is 0. The number of ketones is 1. The largest absolute Gasteiger partial charge is 0.457 e. The van der Waals surface area contributed by atoms with Gasteiger partial charge in [0.1, 0.15) is 17.3 Å². The molecule has 4 rings (SSSR count). The van der Waals surface area contributed by atoms with Gasteiger partial charge >= 0.3 is 5.76 Å². The van der Waals surface area contributed by atoms with Crippen molar-refractivity contribution in [3.05, 3.63) is 94.5 Å². The van der Waals surface area contributed by atoms with Crippen LogP contribution in [0.1, 0.15) is 22.3 Å². The van der Waals surface area contributed by atoms with Gasteiger partial charge in [-0.3, -0.25) is 9.59 Å². The van der Waals surface area contributed by atoms with Gasteiger partial charge in [0, 0.05) is 12.5 Å².